The molecule has 0 saturated heterocycles. The number of nitriles is 1. The van der Waals surface area contributed by atoms with E-state index in [1.54, 1.807) is 12.1 Å². The molecule has 0 bridgehead atoms. The van der Waals surface area contributed by atoms with E-state index in [0.717, 1.165) is 12.2 Å². The number of nitrogens with zero attached hydrogens (tertiary/aromatic N) is 1. The lowest BCUT2D eigenvalue weighted by atomic mass is 10.0. The quantitative estimate of drug-likeness (QED) is 0.890. The van der Waals surface area contributed by atoms with Crippen LogP contribution < -0.4 is 5.32 Å². The third-order valence-corrected chi connectivity index (χ3v) is 4.51. The highest BCUT2D eigenvalue weighted by molar-refractivity contribution is 7.99. The molecule has 0 aliphatic carbocycles. The Morgan fingerprint density at radius 3 is 2.90 bits per heavy atom. The van der Waals surface area contributed by atoms with Crippen LogP contribution in [0, 0.1) is 17.1 Å². The molecule has 0 spiro atoms. The maximum absolute atomic E-state index is 13.9. The van der Waals surface area contributed by atoms with Gasteiger partial charge in [-0.2, -0.15) is 5.26 Å². The predicted octanol–water partition coefficient (Wildman–Crippen LogP) is 4.35. The molecule has 20 heavy (non-hydrogen) atoms. The van der Waals surface area contributed by atoms with E-state index in [4.69, 9.17) is 5.26 Å². The molecule has 1 N–H and O–H groups in total. The van der Waals surface area contributed by atoms with E-state index in [1.165, 1.54) is 16.5 Å². The molecule has 4 heteroatoms. The minimum Gasteiger partial charge on any atom is -0.376 e. The van der Waals surface area contributed by atoms with Gasteiger partial charge in [-0.1, -0.05) is 18.2 Å². The first kappa shape index (κ1) is 13.0. The number of rotatable bonds is 2. The van der Waals surface area contributed by atoms with Crippen molar-refractivity contribution >= 4 is 17.4 Å². The van der Waals surface area contributed by atoms with E-state index in [0.29, 0.717) is 11.3 Å². The first-order chi connectivity index (χ1) is 9.78. The maximum atomic E-state index is 13.9. The molecule has 3 rings (SSSR count). The van der Waals surface area contributed by atoms with Crippen molar-refractivity contribution in [2.45, 2.75) is 17.4 Å². The van der Waals surface area contributed by atoms with Gasteiger partial charge in [-0.3, -0.25) is 0 Å². The van der Waals surface area contributed by atoms with Gasteiger partial charge in [0.1, 0.15) is 5.82 Å². The average Bonchev–Trinajstić information content (AvgIpc) is 2.49. The molecular weight excluding hydrogens is 271 g/mol. The van der Waals surface area contributed by atoms with Crippen molar-refractivity contribution in [2.24, 2.45) is 0 Å². The minimum absolute atomic E-state index is 0.120. The summed E-state index contributed by atoms with van der Waals surface area (Å²) in [6, 6.07) is 14.8. The van der Waals surface area contributed by atoms with Crippen molar-refractivity contribution in [3.05, 3.63) is 59.4 Å². The molecule has 100 valence electrons. The Bertz CT molecular complexity index is 678. The molecule has 0 aromatic heterocycles. The summed E-state index contributed by atoms with van der Waals surface area (Å²) in [5.74, 6) is 0.645. The summed E-state index contributed by atoms with van der Waals surface area (Å²) in [7, 11) is 0. The molecule has 0 radical (unpaired) electrons. The van der Waals surface area contributed by atoms with Crippen LogP contribution in [0.25, 0.3) is 0 Å². The third-order valence-electron chi connectivity index (χ3n) is 3.39. The van der Waals surface area contributed by atoms with Crippen molar-refractivity contribution in [3.8, 4) is 6.07 Å². The van der Waals surface area contributed by atoms with E-state index in [9.17, 15) is 4.39 Å². The van der Waals surface area contributed by atoms with Crippen LogP contribution in [0.3, 0.4) is 0 Å². The normalized spacial score (nSPS) is 17.1. The number of nitrogens with one attached hydrogen (secondary N) is 1. The number of halogens is 1. The molecule has 1 unspecified atom stereocenters. The molecule has 2 aromatic carbocycles. The van der Waals surface area contributed by atoms with E-state index < -0.39 is 0 Å². The molecule has 1 aliphatic rings. The lowest BCUT2D eigenvalue weighted by Crippen LogP contribution is -2.16. The molecular formula is C16H13FN2S. The van der Waals surface area contributed by atoms with Crippen LogP contribution in [0.15, 0.2) is 47.4 Å². The number of fused-ring (bicyclic) bond motifs is 1. The van der Waals surface area contributed by atoms with Crippen LogP contribution in [0.5, 0.6) is 0 Å². The van der Waals surface area contributed by atoms with Crippen molar-refractivity contribution in [1.29, 1.82) is 5.26 Å². The molecule has 1 atom stereocenters. The van der Waals surface area contributed by atoms with Gasteiger partial charge < -0.3 is 5.32 Å². The van der Waals surface area contributed by atoms with Gasteiger partial charge >= 0.3 is 0 Å². The van der Waals surface area contributed by atoms with Crippen molar-refractivity contribution < 1.29 is 4.39 Å². The predicted molar refractivity (Wildman–Crippen MR) is 79.3 cm³/mol. The Morgan fingerprint density at radius 1 is 1.25 bits per heavy atom. The van der Waals surface area contributed by atoms with Crippen LogP contribution in [0.2, 0.25) is 0 Å². The summed E-state index contributed by atoms with van der Waals surface area (Å²) in [6.07, 6.45) is 0.959. The highest BCUT2D eigenvalue weighted by Crippen LogP contribution is 2.38. The van der Waals surface area contributed by atoms with Crippen LogP contribution in [0.1, 0.15) is 23.6 Å². The summed E-state index contributed by atoms with van der Waals surface area (Å²) in [6.45, 7) is 0. The van der Waals surface area contributed by atoms with Gasteiger partial charge in [0.25, 0.3) is 0 Å². The fourth-order valence-corrected chi connectivity index (χ4v) is 3.51. The Balaban J connectivity index is 1.88. The van der Waals surface area contributed by atoms with Gasteiger partial charge in [0.2, 0.25) is 0 Å². The number of thioether (sulfide) groups is 1. The summed E-state index contributed by atoms with van der Waals surface area (Å²) in [5.41, 5.74) is 2.01. The van der Waals surface area contributed by atoms with E-state index in [-0.39, 0.29) is 11.9 Å². The lowest BCUT2D eigenvalue weighted by molar-refractivity contribution is 0.622. The van der Waals surface area contributed by atoms with Crippen molar-refractivity contribution in [3.63, 3.8) is 0 Å². The van der Waals surface area contributed by atoms with Crippen LogP contribution in [-0.4, -0.2) is 5.75 Å². The van der Waals surface area contributed by atoms with E-state index in [2.05, 4.69) is 17.4 Å². The number of benzene rings is 2. The summed E-state index contributed by atoms with van der Waals surface area (Å²) in [5, 5.41) is 12.0. The molecule has 1 heterocycles. The molecule has 0 amide bonds. The highest BCUT2D eigenvalue weighted by Gasteiger charge is 2.20. The molecule has 0 fully saturated rings. The molecule has 1 aliphatic heterocycles. The monoisotopic (exact) mass is 284 g/mol. The minimum atomic E-state index is -0.375. The smallest absolute Gasteiger partial charge is 0.147 e. The summed E-state index contributed by atoms with van der Waals surface area (Å²) >= 11 is 1.84. The van der Waals surface area contributed by atoms with Crippen molar-refractivity contribution in [2.75, 3.05) is 11.1 Å². The molecule has 0 saturated carbocycles. The Hall–Kier alpha value is -1.99. The average molecular weight is 284 g/mol. The summed E-state index contributed by atoms with van der Waals surface area (Å²) < 4.78 is 13.9. The zero-order chi connectivity index (χ0) is 13.9. The van der Waals surface area contributed by atoms with E-state index in [1.807, 2.05) is 30.0 Å². The van der Waals surface area contributed by atoms with Crippen LogP contribution in [-0.2, 0) is 0 Å². The fraction of sp³-hybridized carbons (Fsp3) is 0.188. The molecule has 2 aromatic rings. The summed E-state index contributed by atoms with van der Waals surface area (Å²) in [4.78, 5) is 1.25. The van der Waals surface area contributed by atoms with Gasteiger partial charge in [-0.25, -0.2) is 4.39 Å². The third kappa shape index (κ3) is 2.50. The largest absolute Gasteiger partial charge is 0.376 e. The fourth-order valence-electron chi connectivity index (χ4n) is 2.38. The van der Waals surface area contributed by atoms with Gasteiger partial charge in [0.15, 0.2) is 0 Å². The zero-order valence-electron chi connectivity index (χ0n) is 10.8. The van der Waals surface area contributed by atoms with E-state index >= 15 is 0 Å². The topological polar surface area (TPSA) is 35.8 Å². The van der Waals surface area contributed by atoms with Gasteiger partial charge in [0, 0.05) is 10.6 Å². The highest BCUT2D eigenvalue weighted by atomic mass is 32.2. The zero-order valence-corrected chi connectivity index (χ0v) is 11.6. The SMILES string of the molecule is N#Cc1ccc(NC2CCSc3ccccc32)c(F)c1. The Labute approximate surface area is 121 Å². The van der Waals surface area contributed by atoms with Gasteiger partial charge in [-0.05, 0) is 36.2 Å². The number of hydrogen-bond donors (Lipinski definition) is 1. The van der Waals surface area contributed by atoms with Crippen LogP contribution >= 0.6 is 11.8 Å². The van der Waals surface area contributed by atoms with Crippen molar-refractivity contribution in [1.82, 2.24) is 0 Å². The standard InChI is InChI=1S/C16H13FN2S/c17-13-9-11(10-18)5-6-15(13)19-14-7-8-20-16-4-2-1-3-12(14)16/h1-6,9,14,19H,7-8H2. The first-order valence-electron chi connectivity index (χ1n) is 6.46. The number of hydrogen-bond acceptors (Lipinski definition) is 3. The number of anilines is 1. The Morgan fingerprint density at radius 2 is 2.10 bits per heavy atom. The van der Waals surface area contributed by atoms with Crippen LogP contribution in [0.4, 0.5) is 10.1 Å². The second-order valence-corrected chi connectivity index (χ2v) is 5.82. The molecule has 2 nitrogen and oxygen atoms in total. The van der Waals surface area contributed by atoms with Gasteiger partial charge in [-0.15, -0.1) is 11.8 Å². The maximum Gasteiger partial charge on any atom is 0.147 e. The Kier molecular flexibility index (Phi) is 3.62. The lowest BCUT2D eigenvalue weighted by Gasteiger charge is -2.26. The van der Waals surface area contributed by atoms with Gasteiger partial charge in [0.05, 0.1) is 23.4 Å². The second-order valence-electron chi connectivity index (χ2n) is 4.68. The first-order valence-corrected chi connectivity index (χ1v) is 7.44. The second kappa shape index (κ2) is 5.56.